The molecule has 5 rings (SSSR count). The molecular weight excluding hydrogens is 499 g/mol. The van der Waals surface area contributed by atoms with Crippen LogP contribution in [0.25, 0.3) is 11.0 Å². The number of anilines is 1. The van der Waals surface area contributed by atoms with Crippen LogP contribution < -0.4 is 15.2 Å². The monoisotopic (exact) mass is 532 g/mol. The number of alkyl halides is 1. The number of nitrogen functional groups attached to an aromatic ring is 1. The minimum Gasteiger partial charge on any atom is -0.497 e. The van der Waals surface area contributed by atoms with Crippen molar-refractivity contribution >= 4 is 23.1 Å². The third-order valence-electron chi connectivity index (χ3n) is 7.49. The van der Waals surface area contributed by atoms with Gasteiger partial charge >= 0.3 is 0 Å². The van der Waals surface area contributed by atoms with Crippen LogP contribution in [0.5, 0.6) is 11.5 Å². The van der Waals surface area contributed by atoms with E-state index in [-0.39, 0.29) is 12.2 Å². The fourth-order valence-electron chi connectivity index (χ4n) is 5.49. The predicted molar refractivity (Wildman–Crippen MR) is 147 cm³/mol. The zero-order valence-electron chi connectivity index (χ0n) is 22.2. The lowest BCUT2D eigenvalue weighted by Gasteiger charge is -2.39. The highest BCUT2D eigenvalue weighted by molar-refractivity contribution is 5.92. The van der Waals surface area contributed by atoms with Crippen molar-refractivity contribution in [3.63, 3.8) is 0 Å². The number of rotatable bonds is 7. The molecule has 4 heterocycles. The van der Waals surface area contributed by atoms with Crippen molar-refractivity contribution < 1.29 is 18.7 Å². The lowest BCUT2D eigenvalue weighted by atomic mass is 10.1. The molecule has 10 heteroatoms. The maximum atomic E-state index is 13.8. The third-order valence-corrected chi connectivity index (χ3v) is 7.49. The molecule has 2 aromatic heterocycles. The molecule has 2 atom stereocenters. The van der Waals surface area contributed by atoms with E-state index in [9.17, 15) is 9.18 Å². The molecule has 0 spiro atoms. The molecule has 0 bridgehead atoms. The highest BCUT2D eigenvalue weighted by Crippen LogP contribution is 2.32. The van der Waals surface area contributed by atoms with Crippen LogP contribution >= 0.6 is 0 Å². The Balaban J connectivity index is 1.44. The number of ether oxygens (including phenoxy) is 2. The molecule has 2 aliphatic rings. The molecule has 2 N–H and O–H groups in total. The first-order valence-electron chi connectivity index (χ1n) is 13.1. The molecule has 1 unspecified atom stereocenters. The number of piperidine rings is 1. The van der Waals surface area contributed by atoms with E-state index in [2.05, 4.69) is 36.2 Å². The van der Waals surface area contributed by atoms with Crippen molar-refractivity contribution in [2.45, 2.75) is 37.6 Å². The SMILES string of the molecule is COc1cc(C#Cc2cn(C3CCN([C@@H](C=CC=O)N4CCC(F)CC4)C3)c3ncnc(N)c23)cc(OC)c1. The number of aromatic nitrogens is 3. The quantitative estimate of drug-likeness (QED) is 0.282. The number of nitrogens with zero attached hydrogens (tertiary/aromatic N) is 5. The standard InChI is InChI=1S/C29H33FN6O3/c1-38-24-14-20(15-25(16-24)39-2)5-6-21-17-36(29-27(21)28(31)32-19-33-29)23-9-12-35(18-23)26(4-3-13-37)34-10-7-22(30)8-11-34/h3-4,13-17,19,22-23,26H,7-12,18H2,1-2H3,(H2,31,32,33)/t23?,26-/m0/s1. The van der Waals surface area contributed by atoms with Gasteiger partial charge in [-0.15, -0.1) is 0 Å². The van der Waals surface area contributed by atoms with Gasteiger partial charge in [-0.3, -0.25) is 14.6 Å². The maximum absolute atomic E-state index is 13.8. The van der Waals surface area contributed by atoms with Crippen LogP contribution in [-0.4, -0.2) is 83.4 Å². The summed E-state index contributed by atoms with van der Waals surface area (Å²) < 4.78 is 26.7. The molecule has 2 aliphatic heterocycles. The van der Waals surface area contributed by atoms with Crippen LogP contribution in [0.15, 0.2) is 42.9 Å². The van der Waals surface area contributed by atoms with Crippen molar-refractivity contribution in [3.05, 3.63) is 54.0 Å². The second-order valence-corrected chi connectivity index (χ2v) is 9.84. The summed E-state index contributed by atoms with van der Waals surface area (Å²) in [6.07, 6.45) is 8.84. The van der Waals surface area contributed by atoms with E-state index in [0.29, 0.717) is 43.2 Å². The van der Waals surface area contributed by atoms with Crippen LogP contribution in [0.3, 0.4) is 0 Å². The van der Waals surface area contributed by atoms with Crippen molar-refractivity contribution in [3.8, 4) is 23.3 Å². The number of likely N-dealkylation sites (tertiary alicyclic amines) is 2. The van der Waals surface area contributed by atoms with Crippen LogP contribution in [0.1, 0.15) is 36.4 Å². The van der Waals surface area contributed by atoms with E-state index < -0.39 is 6.17 Å². The molecule has 0 aliphatic carbocycles. The molecule has 2 saturated heterocycles. The van der Waals surface area contributed by atoms with Gasteiger partial charge in [-0.05, 0) is 43.5 Å². The van der Waals surface area contributed by atoms with Gasteiger partial charge in [-0.25, -0.2) is 14.4 Å². The zero-order chi connectivity index (χ0) is 27.4. The Labute approximate surface area is 227 Å². The molecule has 0 saturated carbocycles. The third kappa shape index (κ3) is 5.75. The summed E-state index contributed by atoms with van der Waals surface area (Å²) in [5.41, 5.74) is 8.53. The van der Waals surface area contributed by atoms with E-state index in [1.807, 2.05) is 24.4 Å². The summed E-state index contributed by atoms with van der Waals surface area (Å²) in [5, 5.41) is 0.723. The van der Waals surface area contributed by atoms with Crippen LogP contribution in [0.4, 0.5) is 10.2 Å². The molecule has 9 nitrogen and oxygen atoms in total. The fourth-order valence-corrected chi connectivity index (χ4v) is 5.49. The second kappa shape index (κ2) is 11.8. The molecule has 1 aromatic carbocycles. The topological polar surface area (TPSA) is 98.7 Å². The van der Waals surface area contributed by atoms with Crippen LogP contribution in [0.2, 0.25) is 0 Å². The van der Waals surface area contributed by atoms with Crippen molar-refractivity contribution in [1.29, 1.82) is 0 Å². The summed E-state index contributed by atoms with van der Waals surface area (Å²) >= 11 is 0. The van der Waals surface area contributed by atoms with E-state index in [4.69, 9.17) is 15.2 Å². The van der Waals surface area contributed by atoms with E-state index in [1.54, 1.807) is 26.4 Å². The van der Waals surface area contributed by atoms with E-state index in [0.717, 1.165) is 48.0 Å². The first-order valence-corrected chi connectivity index (χ1v) is 13.1. The first kappa shape index (κ1) is 26.7. The molecule has 39 heavy (non-hydrogen) atoms. The number of carbonyl (C=O) groups is 1. The summed E-state index contributed by atoms with van der Waals surface area (Å²) in [7, 11) is 3.20. The number of aldehydes is 1. The number of hydrogen-bond donors (Lipinski definition) is 1. The highest BCUT2D eigenvalue weighted by atomic mass is 19.1. The van der Waals surface area contributed by atoms with E-state index in [1.165, 1.54) is 6.33 Å². The minimum absolute atomic E-state index is 0.0588. The van der Waals surface area contributed by atoms with Gasteiger partial charge in [0, 0.05) is 50.0 Å². The Kier molecular flexibility index (Phi) is 8.10. The number of halogens is 1. The van der Waals surface area contributed by atoms with Crippen molar-refractivity contribution in [1.82, 2.24) is 24.3 Å². The number of allylic oxidation sites excluding steroid dienone is 1. The number of nitrogens with two attached hydrogens (primary N) is 1. The number of carbonyl (C=O) groups excluding carboxylic acids is 1. The average molecular weight is 533 g/mol. The molecule has 2 fully saturated rings. The molecule has 3 aromatic rings. The van der Waals surface area contributed by atoms with Gasteiger partial charge in [0.15, 0.2) is 0 Å². The summed E-state index contributed by atoms with van der Waals surface area (Å²) in [5.74, 6) is 8.16. The summed E-state index contributed by atoms with van der Waals surface area (Å²) in [6.45, 7) is 2.92. The van der Waals surface area contributed by atoms with Crippen LogP contribution in [0, 0.1) is 11.8 Å². The normalized spacial score (nSPS) is 19.7. The molecule has 0 radical (unpaired) electrons. The van der Waals surface area contributed by atoms with Gasteiger partial charge in [-0.2, -0.15) is 0 Å². The Hall–Kier alpha value is -3.94. The number of fused-ring (bicyclic) bond motifs is 1. The maximum Gasteiger partial charge on any atom is 0.147 e. The number of methoxy groups -OCH3 is 2. The van der Waals surface area contributed by atoms with Gasteiger partial charge in [0.2, 0.25) is 0 Å². The minimum atomic E-state index is -0.753. The second-order valence-electron chi connectivity index (χ2n) is 9.84. The molecule has 204 valence electrons. The van der Waals surface area contributed by atoms with Gasteiger partial charge in [-0.1, -0.05) is 11.8 Å². The van der Waals surface area contributed by atoms with Crippen molar-refractivity contribution in [2.24, 2.45) is 0 Å². The Morgan fingerprint density at radius 3 is 2.46 bits per heavy atom. The largest absolute Gasteiger partial charge is 0.497 e. The van der Waals surface area contributed by atoms with Gasteiger partial charge in [0.05, 0.1) is 31.3 Å². The average Bonchev–Trinajstić information content (AvgIpc) is 3.58. The summed E-state index contributed by atoms with van der Waals surface area (Å²) in [4.78, 5) is 24.5. The number of benzene rings is 1. The van der Waals surface area contributed by atoms with E-state index >= 15 is 0 Å². The number of hydrogen-bond acceptors (Lipinski definition) is 8. The van der Waals surface area contributed by atoms with Gasteiger partial charge in [0.25, 0.3) is 0 Å². The van der Waals surface area contributed by atoms with Gasteiger partial charge < -0.3 is 19.8 Å². The first-order chi connectivity index (χ1) is 19.0. The van der Waals surface area contributed by atoms with Crippen molar-refractivity contribution in [2.75, 3.05) is 46.1 Å². The Morgan fingerprint density at radius 2 is 1.77 bits per heavy atom. The zero-order valence-corrected chi connectivity index (χ0v) is 22.2. The van der Waals surface area contributed by atoms with Gasteiger partial charge in [0.1, 0.15) is 41.7 Å². The Morgan fingerprint density at radius 1 is 1.05 bits per heavy atom. The lowest BCUT2D eigenvalue weighted by molar-refractivity contribution is -0.104. The molecule has 0 amide bonds. The predicted octanol–water partition coefficient (Wildman–Crippen LogP) is 3.19. The Bertz CT molecular complexity index is 1400. The lowest BCUT2D eigenvalue weighted by Crippen LogP contribution is -2.49. The fraction of sp³-hybridized carbons (Fsp3) is 0.414. The highest BCUT2D eigenvalue weighted by Gasteiger charge is 2.34. The van der Waals surface area contributed by atoms with Crippen LogP contribution in [-0.2, 0) is 4.79 Å². The molecular formula is C29H33FN6O3. The smallest absolute Gasteiger partial charge is 0.147 e. The summed E-state index contributed by atoms with van der Waals surface area (Å²) in [6, 6.07) is 5.62.